The lowest BCUT2D eigenvalue weighted by molar-refractivity contribution is 0.0619. The average molecular weight is 379 g/mol. The predicted octanol–water partition coefficient (Wildman–Crippen LogP) is 3.44. The minimum Gasteiger partial charge on any atom is -0.507 e. The first-order chi connectivity index (χ1) is 11.8. The largest absolute Gasteiger partial charge is 0.507 e. The Labute approximate surface area is 158 Å². The van der Waals surface area contributed by atoms with Crippen molar-refractivity contribution in [1.82, 2.24) is 5.32 Å². The van der Waals surface area contributed by atoms with Crippen molar-refractivity contribution in [3.05, 3.63) is 47.5 Å². The summed E-state index contributed by atoms with van der Waals surface area (Å²) in [5.41, 5.74) is 7.05. The maximum absolute atomic E-state index is 12.7. The number of carbonyl (C=O) groups is 1. The van der Waals surface area contributed by atoms with E-state index in [9.17, 15) is 9.90 Å². The number of nitrogens with two attached hydrogens (primary N) is 1. The summed E-state index contributed by atoms with van der Waals surface area (Å²) in [4.78, 5) is 12.7. The van der Waals surface area contributed by atoms with Crippen LogP contribution < -0.4 is 20.5 Å². The average Bonchev–Trinajstić information content (AvgIpc) is 2.55. The second kappa shape index (κ2) is 7.33. The Bertz CT molecular complexity index is 823. The van der Waals surface area contributed by atoms with Crippen molar-refractivity contribution in [2.45, 2.75) is 31.9 Å². The summed E-state index contributed by atoms with van der Waals surface area (Å²) in [5.74, 6) is 0.718. The second-order valence-corrected chi connectivity index (χ2v) is 6.77. The number of nitrogens with one attached hydrogen (secondary N) is 1. The Hall–Kier alpha value is -2.60. The number of methoxy groups -OCH3 is 1. The van der Waals surface area contributed by atoms with Crippen LogP contribution in [0.1, 0.15) is 42.2 Å². The molecule has 6 nitrogen and oxygen atoms in total. The fourth-order valence-electron chi connectivity index (χ4n) is 3.06. The molecule has 1 atom stereocenters. The molecule has 0 spiro atoms. The molecule has 0 aromatic heterocycles. The third-order valence-electron chi connectivity index (χ3n) is 4.24. The van der Waals surface area contributed by atoms with E-state index in [-0.39, 0.29) is 35.7 Å². The van der Waals surface area contributed by atoms with E-state index < -0.39 is 5.60 Å². The molecule has 0 saturated heterocycles. The number of nitrogen functional groups attached to an aromatic ring is 1. The third kappa shape index (κ3) is 3.96. The van der Waals surface area contributed by atoms with Gasteiger partial charge >= 0.3 is 0 Å². The van der Waals surface area contributed by atoms with Crippen molar-refractivity contribution in [2.75, 3.05) is 12.8 Å². The van der Waals surface area contributed by atoms with Gasteiger partial charge in [-0.05, 0) is 50.2 Å². The second-order valence-electron chi connectivity index (χ2n) is 6.77. The van der Waals surface area contributed by atoms with Gasteiger partial charge in [0, 0.05) is 17.7 Å². The van der Waals surface area contributed by atoms with Crippen molar-refractivity contribution in [3.63, 3.8) is 0 Å². The quantitative estimate of drug-likeness (QED) is 0.711. The molecular weight excluding hydrogens is 356 g/mol. The predicted molar refractivity (Wildman–Crippen MR) is 102 cm³/mol. The highest BCUT2D eigenvalue weighted by molar-refractivity contribution is 5.97. The molecule has 3 rings (SSSR count). The van der Waals surface area contributed by atoms with Gasteiger partial charge in [-0.25, -0.2) is 0 Å². The van der Waals surface area contributed by atoms with Crippen LogP contribution in [0.3, 0.4) is 0 Å². The molecule has 1 heterocycles. The van der Waals surface area contributed by atoms with Gasteiger partial charge in [0.15, 0.2) is 0 Å². The van der Waals surface area contributed by atoms with Gasteiger partial charge in [-0.1, -0.05) is 0 Å². The molecule has 2 aromatic rings. The fraction of sp³-hybridized carbons (Fsp3) is 0.316. The van der Waals surface area contributed by atoms with Crippen LogP contribution in [0.25, 0.3) is 0 Å². The molecule has 2 aromatic carbocycles. The van der Waals surface area contributed by atoms with E-state index in [1.165, 1.54) is 19.2 Å². The Kier molecular flexibility index (Phi) is 5.56. The van der Waals surface area contributed by atoms with Gasteiger partial charge in [-0.15, -0.1) is 12.4 Å². The number of hydrogen-bond donors (Lipinski definition) is 3. The highest BCUT2D eigenvalue weighted by atomic mass is 35.5. The van der Waals surface area contributed by atoms with Crippen LogP contribution in [0.15, 0.2) is 36.4 Å². The van der Waals surface area contributed by atoms with E-state index >= 15 is 0 Å². The Balaban J connectivity index is 0.00000243. The summed E-state index contributed by atoms with van der Waals surface area (Å²) >= 11 is 0. The van der Waals surface area contributed by atoms with Crippen LogP contribution in [0.4, 0.5) is 5.69 Å². The maximum atomic E-state index is 12.7. The first-order valence-electron chi connectivity index (χ1n) is 8.05. The SMILES string of the molecule is COc1ccc(O)c(C(=O)NC2CC(C)(C)Oc3ccc(N)cc32)c1.Cl. The standard InChI is InChI=1S/C19H22N2O4.ClH/c1-19(2)10-15(13-8-11(20)4-7-17(13)25-19)21-18(23)14-9-12(24-3)5-6-16(14)22;/h4-9,15,22H,10,20H2,1-3H3,(H,21,23);1H. The van der Waals surface area contributed by atoms with Crippen LogP contribution in [-0.2, 0) is 0 Å². The molecule has 7 heteroatoms. The smallest absolute Gasteiger partial charge is 0.255 e. The highest BCUT2D eigenvalue weighted by Gasteiger charge is 2.35. The molecule has 0 bridgehead atoms. The molecule has 0 saturated carbocycles. The third-order valence-corrected chi connectivity index (χ3v) is 4.24. The van der Waals surface area contributed by atoms with E-state index in [2.05, 4.69) is 5.32 Å². The first kappa shape index (κ1) is 19.7. The number of phenolic OH excluding ortho intramolecular Hbond substituents is 1. The number of carbonyl (C=O) groups excluding carboxylic acids is 1. The van der Waals surface area contributed by atoms with E-state index in [0.29, 0.717) is 23.6 Å². The minimum absolute atomic E-state index is 0. The monoisotopic (exact) mass is 378 g/mol. The van der Waals surface area contributed by atoms with Gasteiger partial charge in [-0.2, -0.15) is 0 Å². The lowest BCUT2D eigenvalue weighted by Crippen LogP contribution is -2.41. The topological polar surface area (TPSA) is 93.8 Å². The maximum Gasteiger partial charge on any atom is 0.255 e. The van der Waals surface area contributed by atoms with E-state index in [4.69, 9.17) is 15.2 Å². The number of aromatic hydroxyl groups is 1. The molecule has 0 radical (unpaired) electrons. The Morgan fingerprint density at radius 2 is 2.04 bits per heavy atom. The number of hydrogen-bond acceptors (Lipinski definition) is 5. The summed E-state index contributed by atoms with van der Waals surface area (Å²) < 4.78 is 11.1. The number of benzene rings is 2. The molecule has 26 heavy (non-hydrogen) atoms. The van der Waals surface area contributed by atoms with Crippen LogP contribution in [0.2, 0.25) is 0 Å². The van der Waals surface area contributed by atoms with Gasteiger partial charge in [0.25, 0.3) is 5.91 Å². The van der Waals surface area contributed by atoms with Crippen molar-refractivity contribution in [3.8, 4) is 17.2 Å². The fourth-order valence-corrected chi connectivity index (χ4v) is 3.06. The van der Waals surface area contributed by atoms with E-state index in [0.717, 1.165) is 5.56 Å². The van der Waals surface area contributed by atoms with E-state index in [1.807, 2.05) is 19.9 Å². The molecule has 1 aliphatic heterocycles. The zero-order chi connectivity index (χ0) is 18.2. The van der Waals surface area contributed by atoms with Gasteiger partial charge in [-0.3, -0.25) is 4.79 Å². The Morgan fingerprint density at radius 3 is 2.73 bits per heavy atom. The van der Waals surface area contributed by atoms with Crippen molar-refractivity contribution in [2.24, 2.45) is 0 Å². The van der Waals surface area contributed by atoms with Crippen molar-refractivity contribution < 1.29 is 19.4 Å². The van der Waals surface area contributed by atoms with Crippen molar-refractivity contribution >= 4 is 24.0 Å². The van der Waals surface area contributed by atoms with Crippen molar-refractivity contribution in [1.29, 1.82) is 0 Å². The number of anilines is 1. The molecule has 0 fully saturated rings. The Morgan fingerprint density at radius 1 is 1.31 bits per heavy atom. The molecule has 0 aliphatic carbocycles. The normalized spacial score (nSPS) is 17.3. The zero-order valence-electron chi connectivity index (χ0n) is 14.9. The summed E-state index contributed by atoms with van der Waals surface area (Å²) in [5, 5.41) is 13.0. The van der Waals surface area contributed by atoms with Gasteiger partial charge in [0.05, 0.1) is 18.7 Å². The molecule has 4 N–H and O–H groups in total. The summed E-state index contributed by atoms with van der Waals surface area (Å²) in [6.45, 7) is 3.93. The zero-order valence-corrected chi connectivity index (χ0v) is 15.7. The molecule has 1 aliphatic rings. The molecule has 1 amide bonds. The lowest BCUT2D eigenvalue weighted by Gasteiger charge is -2.38. The van der Waals surface area contributed by atoms with Gasteiger partial charge in [0.1, 0.15) is 22.8 Å². The molecule has 1 unspecified atom stereocenters. The van der Waals surface area contributed by atoms with Gasteiger partial charge < -0.3 is 25.6 Å². The summed E-state index contributed by atoms with van der Waals surface area (Å²) in [6.07, 6.45) is 0.583. The van der Waals surface area contributed by atoms with Crippen LogP contribution in [-0.4, -0.2) is 23.7 Å². The summed E-state index contributed by atoms with van der Waals surface area (Å²) in [7, 11) is 1.51. The number of phenols is 1. The minimum atomic E-state index is -0.433. The lowest BCUT2D eigenvalue weighted by atomic mass is 9.89. The molecular formula is C19H23ClN2O4. The first-order valence-corrected chi connectivity index (χ1v) is 8.05. The number of ether oxygens (including phenoxy) is 2. The number of fused-ring (bicyclic) bond motifs is 1. The van der Waals surface area contributed by atoms with Crippen LogP contribution in [0.5, 0.6) is 17.2 Å². The van der Waals surface area contributed by atoms with Crippen LogP contribution in [0, 0.1) is 0 Å². The highest BCUT2D eigenvalue weighted by Crippen LogP contribution is 2.40. The number of amides is 1. The number of halogens is 1. The van der Waals surface area contributed by atoms with Crippen LogP contribution >= 0.6 is 12.4 Å². The number of rotatable bonds is 3. The molecule has 140 valence electrons. The summed E-state index contributed by atoms with van der Waals surface area (Å²) in [6, 6.07) is 9.66. The van der Waals surface area contributed by atoms with E-state index in [1.54, 1.807) is 18.2 Å². The van der Waals surface area contributed by atoms with Gasteiger partial charge in [0.2, 0.25) is 0 Å².